The first kappa shape index (κ1) is 17.0. The van der Waals surface area contributed by atoms with Crippen LogP contribution >= 0.6 is 0 Å². The van der Waals surface area contributed by atoms with E-state index < -0.39 is 24.8 Å². The molecule has 0 aromatic carbocycles. The van der Waals surface area contributed by atoms with Gasteiger partial charge in [-0.25, -0.2) is 26.8 Å². The minimum atomic E-state index is -3.65. The number of hydrogen-bond acceptors (Lipinski definition) is 7. The second-order valence-electron chi connectivity index (χ2n) is 4.08. The van der Waals surface area contributed by atoms with Gasteiger partial charge in [-0.3, -0.25) is 0 Å². The number of hydrogen-bond donors (Lipinski definition) is 0. The lowest BCUT2D eigenvalue weighted by Crippen LogP contribution is -2.20. The molecule has 1 aromatic rings. The lowest BCUT2D eigenvalue weighted by atomic mass is 10.1. The highest BCUT2D eigenvalue weighted by Gasteiger charge is 2.26. The van der Waals surface area contributed by atoms with E-state index in [-0.39, 0.29) is 11.6 Å². The van der Waals surface area contributed by atoms with Crippen LogP contribution in [0.5, 0.6) is 0 Å². The summed E-state index contributed by atoms with van der Waals surface area (Å²) in [4.78, 5) is 7.58. The highest BCUT2D eigenvalue weighted by atomic mass is 32.2. The normalized spacial score (nSPS) is 15.0. The van der Waals surface area contributed by atoms with Gasteiger partial charge in [-0.05, 0) is 0 Å². The van der Waals surface area contributed by atoms with Gasteiger partial charge in [0.15, 0.2) is 14.9 Å². The van der Waals surface area contributed by atoms with Gasteiger partial charge in [-0.2, -0.15) is 0 Å². The zero-order chi connectivity index (χ0) is 15.6. The molecule has 1 aliphatic heterocycles. The number of aromatic nitrogens is 2. The molecular formula is C11H18N2O5S2. The Morgan fingerprint density at radius 2 is 1.60 bits per heavy atom. The quantitative estimate of drug-likeness (QED) is 0.573. The lowest BCUT2D eigenvalue weighted by Gasteiger charge is -2.18. The zero-order valence-corrected chi connectivity index (χ0v) is 13.5. The van der Waals surface area contributed by atoms with Crippen LogP contribution in [0.3, 0.4) is 0 Å². The Morgan fingerprint density at radius 1 is 1.00 bits per heavy atom. The van der Waals surface area contributed by atoms with Crippen molar-refractivity contribution in [2.24, 2.45) is 0 Å². The van der Waals surface area contributed by atoms with Gasteiger partial charge in [0.25, 0.3) is 0 Å². The predicted molar refractivity (Wildman–Crippen MR) is 73.0 cm³/mol. The molecular weight excluding hydrogens is 304 g/mol. The molecule has 0 radical (unpaired) electrons. The summed E-state index contributed by atoms with van der Waals surface area (Å²) in [6, 6.07) is 0. The first-order valence-corrected chi connectivity index (χ1v) is 9.85. The Hall–Kier alpha value is -1.06. The van der Waals surface area contributed by atoms with Gasteiger partial charge in [0.1, 0.15) is 0 Å². The standard InChI is InChI=1S/C9H12N2O5S2.C2H6/c1-17(12,13)8-6-5-16-4-3-7(6)10-9(11-8)18(2,14)15;1-2/h3-5H2,1-2H3;1-2H3. The Morgan fingerprint density at radius 3 is 2.10 bits per heavy atom. The third-order valence-corrected chi connectivity index (χ3v) is 4.33. The molecule has 9 heteroatoms. The van der Waals surface area contributed by atoms with Crippen molar-refractivity contribution in [2.45, 2.75) is 37.1 Å². The van der Waals surface area contributed by atoms with Gasteiger partial charge in [-0.15, -0.1) is 0 Å². The predicted octanol–water partition coefficient (Wildman–Crippen LogP) is 0.382. The highest BCUT2D eigenvalue weighted by molar-refractivity contribution is 7.91. The smallest absolute Gasteiger partial charge is 0.248 e. The van der Waals surface area contributed by atoms with Gasteiger partial charge < -0.3 is 4.74 Å². The van der Waals surface area contributed by atoms with Crippen LogP contribution in [0.15, 0.2) is 10.2 Å². The Labute approximate surface area is 119 Å². The van der Waals surface area contributed by atoms with Crippen LogP contribution in [0.1, 0.15) is 25.1 Å². The molecule has 0 saturated carbocycles. The fourth-order valence-electron chi connectivity index (χ4n) is 1.65. The van der Waals surface area contributed by atoms with Crippen molar-refractivity contribution >= 4 is 19.7 Å². The summed E-state index contributed by atoms with van der Waals surface area (Å²) in [5.41, 5.74) is 0.785. The van der Waals surface area contributed by atoms with Gasteiger partial charge in [-0.1, -0.05) is 13.8 Å². The van der Waals surface area contributed by atoms with Gasteiger partial charge in [0, 0.05) is 24.5 Å². The molecule has 2 heterocycles. The Balaban J connectivity index is 0.000000956. The summed E-state index contributed by atoms with van der Waals surface area (Å²) in [5.74, 6) is 0. The van der Waals surface area contributed by atoms with Crippen LogP contribution < -0.4 is 0 Å². The van der Waals surface area contributed by atoms with Crippen molar-refractivity contribution < 1.29 is 21.6 Å². The van der Waals surface area contributed by atoms with E-state index in [4.69, 9.17) is 4.74 Å². The molecule has 1 aromatic heterocycles. The molecule has 114 valence electrons. The monoisotopic (exact) mass is 322 g/mol. The number of nitrogens with zero attached hydrogens (tertiary/aromatic N) is 2. The number of rotatable bonds is 2. The summed E-state index contributed by atoms with van der Waals surface area (Å²) < 4.78 is 51.3. The fourth-order valence-corrected chi connectivity index (χ4v) is 3.12. The van der Waals surface area contributed by atoms with Crippen molar-refractivity contribution in [3.05, 3.63) is 11.3 Å². The molecule has 2 rings (SSSR count). The molecule has 0 fully saturated rings. The molecule has 0 saturated heterocycles. The molecule has 0 atom stereocenters. The van der Waals surface area contributed by atoms with Crippen molar-refractivity contribution in [3.8, 4) is 0 Å². The van der Waals surface area contributed by atoms with Crippen molar-refractivity contribution in [2.75, 3.05) is 19.1 Å². The molecule has 0 N–H and O–H groups in total. The first-order chi connectivity index (χ1) is 9.19. The molecule has 7 nitrogen and oxygen atoms in total. The molecule has 1 aliphatic rings. The SMILES string of the molecule is CC.CS(=O)(=O)c1nc2c(c(S(C)(=O)=O)n1)COCC2. The third kappa shape index (κ3) is 3.74. The summed E-state index contributed by atoms with van der Waals surface area (Å²) in [6.45, 7) is 4.47. The second kappa shape index (κ2) is 6.15. The van der Waals surface area contributed by atoms with Crippen LogP contribution in [-0.4, -0.2) is 45.9 Å². The van der Waals surface area contributed by atoms with Gasteiger partial charge >= 0.3 is 0 Å². The van der Waals surface area contributed by atoms with E-state index in [0.29, 0.717) is 24.3 Å². The third-order valence-electron chi connectivity index (χ3n) is 2.45. The topological polar surface area (TPSA) is 103 Å². The summed E-state index contributed by atoms with van der Waals surface area (Å²) in [6.07, 6.45) is 2.30. The molecule has 0 bridgehead atoms. The average Bonchev–Trinajstić information content (AvgIpc) is 2.37. The van der Waals surface area contributed by atoms with E-state index in [9.17, 15) is 16.8 Å². The maximum Gasteiger partial charge on any atom is 0.248 e. The summed E-state index contributed by atoms with van der Waals surface area (Å²) in [7, 11) is -7.27. The fraction of sp³-hybridized carbons (Fsp3) is 0.636. The molecule has 0 spiro atoms. The molecule has 0 aliphatic carbocycles. The first-order valence-electron chi connectivity index (χ1n) is 6.07. The Bertz CT molecular complexity index is 696. The van der Waals surface area contributed by atoms with E-state index in [1.165, 1.54) is 0 Å². The van der Waals surface area contributed by atoms with E-state index >= 15 is 0 Å². The van der Waals surface area contributed by atoms with Crippen LogP contribution in [0.2, 0.25) is 0 Å². The minimum Gasteiger partial charge on any atom is -0.376 e. The Kier molecular flexibility index (Phi) is 5.22. The largest absolute Gasteiger partial charge is 0.376 e. The molecule has 0 unspecified atom stereocenters. The highest BCUT2D eigenvalue weighted by Crippen LogP contribution is 2.23. The van der Waals surface area contributed by atoms with E-state index in [1.54, 1.807) is 0 Å². The van der Waals surface area contributed by atoms with Crippen molar-refractivity contribution in [1.29, 1.82) is 0 Å². The van der Waals surface area contributed by atoms with E-state index in [1.807, 2.05) is 13.8 Å². The minimum absolute atomic E-state index is 0.0851. The summed E-state index contributed by atoms with van der Waals surface area (Å²) >= 11 is 0. The number of sulfone groups is 2. The molecule has 0 amide bonds. The number of fused-ring (bicyclic) bond motifs is 1. The van der Waals surface area contributed by atoms with E-state index in [2.05, 4.69) is 9.97 Å². The molecule has 20 heavy (non-hydrogen) atoms. The lowest BCUT2D eigenvalue weighted by molar-refractivity contribution is 0.105. The second-order valence-corrected chi connectivity index (χ2v) is 7.92. The van der Waals surface area contributed by atoms with Gasteiger partial charge in [0.2, 0.25) is 15.0 Å². The van der Waals surface area contributed by atoms with Gasteiger partial charge in [0.05, 0.1) is 18.9 Å². The van der Waals surface area contributed by atoms with Crippen molar-refractivity contribution in [3.63, 3.8) is 0 Å². The van der Waals surface area contributed by atoms with Crippen LogP contribution in [0, 0.1) is 0 Å². The van der Waals surface area contributed by atoms with Crippen LogP contribution in [0.25, 0.3) is 0 Å². The van der Waals surface area contributed by atoms with Crippen LogP contribution in [-0.2, 0) is 37.4 Å². The van der Waals surface area contributed by atoms with E-state index in [0.717, 1.165) is 12.5 Å². The maximum atomic E-state index is 11.6. The summed E-state index contributed by atoms with van der Waals surface area (Å²) in [5, 5.41) is -0.712. The number of ether oxygens (including phenoxy) is 1. The van der Waals surface area contributed by atoms with Crippen molar-refractivity contribution in [1.82, 2.24) is 9.97 Å². The van der Waals surface area contributed by atoms with Crippen LogP contribution in [0.4, 0.5) is 0 Å². The average molecular weight is 322 g/mol. The zero-order valence-electron chi connectivity index (χ0n) is 11.9. The maximum absolute atomic E-state index is 11.6.